The number of anilines is 1. The van der Waals surface area contributed by atoms with E-state index in [9.17, 15) is 14.4 Å². The maximum Gasteiger partial charge on any atom is 0.349 e. The number of rotatable bonds is 6. The maximum atomic E-state index is 12.4. The van der Waals surface area contributed by atoms with Gasteiger partial charge in [-0.2, -0.15) is 0 Å². The first kappa shape index (κ1) is 20.5. The number of para-hydroxylation sites is 3. The van der Waals surface area contributed by atoms with Crippen molar-refractivity contribution in [1.29, 1.82) is 0 Å². The molecule has 2 amide bonds. The normalized spacial score (nSPS) is 15.1. The molecule has 0 unspecified atom stereocenters. The van der Waals surface area contributed by atoms with Crippen LogP contribution in [0.2, 0.25) is 0 Å². The summed E-state index contributed by atoms with van der Waals surface area (Å²) in [6, 6.07) is 14.9. The Labute approximate surface area is 179 Å². The molecule has 1 aromatic heterocycles. The van der Waals surface area contributed by atoms with Crippen LogP contribution < -0.4 is 15.0 Å². The maximum absolute atomic E-state index is 12.4. The lowest BCUT2D eigenvalue weighted by molar-refractivity contribution is -0.155. The molecule has 8 nitrogen and oxygen atoms in total. The number of aromatic amines is 1. The highest BCUT2D eigenvalue weighted by atomic mass is 16.6. The van der Waals surface area contributed by atoms with Gasteiger partial charge in [-0.15, -0.1) is 0 Å². The van der Waals surface area contributed by atoms with Crippen molar-refractivity contribution in [3.05, 3.63) is 60.3 Å². The lowest BCUT2D eigenvalue weighted by Gasteiger charge is -2.33. The summed E-state index contributed by atoms with van der Waals surface area (Å²) in [4.78, 5) is 41.1. The van der Waals surface area contributed by atoms with Gasteiger partial charge in [0.2, 0.25) is 12.0 Å². The molecule has 1 aliphatic heterocycles. The number of nitrogens with one attached hydrogen (secondary N) is 2. The molecule has 0 spiro atoms. The highest BCUT2D eigenvalue weighted by molar-refractivity contribution is 5.95. The minimum Gasteiger partial charge on any atom is -0.475 e. The Morgan fingerprint density at radius 1 is 1.16 bits per heavy atom. The SMILES string of the molecule is CC(=O)N1C[C@@H](C(=O)OCC(=O)NCCc2c[nH]c3ccccc23)Oc2ccccc21. The summed E-state index contributed by atoms with van der Waals surface area (Å²) < 4.78 is 10.8. The number of hydrogen-bond donors (Lipinski definition) is 2. The first-order valence-corrected chi connectivity index (χ1v) is 10.0. The van der Waals surface area contributed by atoms with Crippen molar-refractivity contribution in [2.75, 3.05) is 24.6 Å². The number of hydrogen-bond acceptors (Lipinski definition) is 5. The van der Waals surface area contributed by atoms with E-state index < -0.39 is 24.6 Å². The smallest absolute Gasteiger partial charge is 0.349 e. The van der Waals surface area contributed by atoms with Gasteiger partial charge in [-0.25, -0.2) is 4.79 Å². The van der Waals surface area contributed by atoms with Crippen molar-refractivity contribution in [1.82, 2.24) is 10.3 Å². The number of benzene rings is 2. The molecular weight excluding hydrogens is 398 g/mol. The van der Waals surface area contributed by atoms with Gasteiger partial charge in [0.1, 0.15) is 5.75 Å². The quantitative estimate of drug-likeness (QED) is 0.594. The van der Waals surface area contributed by atoms with E-state index in [1.54, 1.807) is 24.3 Å². The minimum atomic E-state index is -0.988. The number of amides is 2. The Balaban J connectivity index is 1.26. The van der Waals surface area contributed by atoms with Crippen molar-refractivity contribution in [2.24, 2.45) is 0 Å². The van der Waals surface area contributed by atoms with Gasteiger partial charge in [0.05, 0.1) is 12.2 Å². The molecule has 2 aromatic carbocycles. The molecule has 1 atom stereocenters. The zero-order valence-corrected chi connectivity index (χ0v) is 17.1. The molecule has 4 rings (SSSR count). The van der Waals surface area contributed by atoms with E-state index in [0.29, 0.717) is 24.4 Å². The van der Waals surface area contributed by atoms with Gasteiger partial charge >= 0.3 is 5.97 Å². The predicted octanol–water partition coefficient (Wildman–Crippen LogP) is 2.18. The third-order valence-corrected chi connectivity index (χ3v) is 5.15. The van der Waals surface area contributed by atoms with Crippen LogP contribution in [0.25, 0.3) is 10.9 Å². The van der Waals surface area contributed by atoms with Gasteiger partial charge in [0.25, 0.3) is 5.91 Å². The van der Waals surface area contributed by atoms with E-state index in [4.69, 9.17) is 9.47 Å². The molecule has 0 bridgehead atoms. The van der Waals surface area contributed by atoms with Crippen LogP contribution in [0.1, 0.15) is 12.5 Å². The third kappa shape index (κ3) is 4.53. The lowest BCUT2D eigenvalue weighted by atomic mass is 10.1. The van der Waals surface area contributed by atoms with E-state index in [2.05, 4.69) is 10.3 Å². The van der Waals surface area contributed by atoms with Crippen LogP contribution in [0.4, 0.5) is 5.69 Å². The average Bonchev–Trinajstić information content (AvgIpc) is 3.19. The largest absolute Gasteiger partial charge is 0.475 e. The highest BCUT2D eigenvalue weighted by Gasteiger charge is 2.33. The van der Waals surface area contributed by atoms with Crippen LogP contribution in [0.5, 0.6) is 5.75 Å². The summed E-state index contributed by atoms with van der Waals surface area (Å²) in [5.41, 5.74) is 2.76. The fourth-order valence-electron chi connectivity index (χ4n) is 3.61. The van der Waals surface area contributed by atoms with Crippen LogP contribution in [-0.4, -0.2) is 48.6 Å². The molecule has 0 radical (unpaired) electrons. The van der Waals surface area contributed by atoms with Gasteiger partial charge in [0.15, 0.2) is 6.61 Å². The van der Waals surface area contributed by atoms with Crippen LogP contribution in [0, 0.1) is 0 Å². The molecule has 1 aliphatic rings. The molecule has 3 aromatic rings. The number of aromatic nitrogens is 1. The fourth-order valence-corrected chi connectivity index (χ4v) is 3.61. The van der Waals surface area contributed by atoms with Crippen LogP contribution >= 0.6 is 0 Å². The van der Waals surface area contributed by atoms with Gasteiger partial charge in [-0.3, -0.25) is 9.59 Å². The number of carbonyl (C=O) groups is 3. The topological polar surface area (TPSA) is 101 Å². The summed E-state index contributed by atoms with van der Waals surface area (Å²) >= 11 is 0. The lowest BCUT2D eigenvalue weighted by Crippen LogP contribution is -2.47. The number of nitrogens with zero attached hydrogens (tertiary/aromatic N) is 1. The van der Waals surface area contributed by atoms with Gasteiger partial charge < -0.3 is 24.7 Å². The van der Waals surface area contributed by atoms with Crippen molar-refractivity contribution in [2.45, 2.75) is 19.4 Å². The standard InChI is InChI=1S/C23H23N3O5/c1-15(27)26-13-21(31-20-9-5-4-8-19(20)26)23(29)30-14-22(28)24-11-10-16-12-25-18-7-3-2-6-17(16)18/h2-9,12,21,25H,10-11,13-14H2,1H3,(H,24,28)/t21-/m0/s1. The van der Waals surface area contributed by atoms with E-state index in [1.807, 2.05) is 30.5 Å². The molecule has 0 fully saturated rings. The summed E-state index contributed by atoms with van der Waals surface area (Å²) in [6.07, 6.45) is 1.59. The summed E-state index contributed by atoms with van der Waals surface area (Å²) in [5.74, 6) is -0.863. The average molecular weight is 421 g/mol. The zero-order valence-electron chi connectivity index (χ0n) is 17.1. The van der Waals surface area contributed by atoms with Crippen molar-refractivity contribution >= 4 is 34.4 Å². The van der Waals surface area contributed by atoms with Crippen molar-refractivity contribution in [3.8, 4) is 5.75 Å². The van der Waals surface area contributed by atoms with E-state index in [1.165, 1.54) is 11.8 Å². The molecule has 8 heteroatoms. The summed E-state index contributed by atoms with van der Waals surface area (Å²) in [6.45, 7) is 1.47. The molecule has 0 aliphatic carbocycles. The van der Waals surface area contributed by atoms with Gasteiger partial charge in [-0.1, -0.05) is 30.3 Å². The second-order valence-corrected chi connectivity index (χ2v) is 7.27. The first-order valence-electron chi connectivity index (χ1n) is 10.0. The van der Waals surface area contributed by atoms with Gasteiger partial charge in [0, 0.05) is 30.6 Å². The monoisotopic (exact) mass is 421 g/mol. The van der Waals surface area contributed by atoms with E-state index >= 15 is 0 Å². The molecule has 160 valence electrons. The van der Waals surface area contributed by atoms with Crippen molar-refractivity contribution < 1.29 is 23.9 Å². The Hall–Kier alpha value is -3.81. The molecule has 2 N–H and O–H groups in total. The highest BCUT2D eigenvalue weighted by Crippen LogP contribution is 2.33. The Morgan fingerprint density at radius 2 is 1.94 bits per heavy atom. The number of carbonyl (C=O) groups excluding carboxylic acids is 3. The van der Waals surface area contributed by atoms with Gasteiger partial charge in [-0.05, 0) is 30.2 Å². The zero-order chi connectivity index (χ0) is 21.8. The molecule has 0 saturated carbocycles. The second kappa shape index (κ2) is 8.91. The van der Waals surface area contributed by atoms with Crippen LogP contribution in [0.15, 0.2) is 54.7 Å². The van der Waals surface area contributed by atoms with E-state index in [-0.39, 0.29) is 12.5 Å². The molecule has 2 heterocycles. The summed E-state index contributed by atoms with van der Waals surface area (Å²) in [7, 11) is 0. The first-order chi connectivity index (χ1) is 15.0. The number of esters is 1. The predicted molar refractivity (Wildman–Crippen MR) is 115 cm³/mol. The molecular formula is C23H23N3O5. The minimum absolute atomic E-state index is 0.0351. The van der Waals surface area contributed by atoms with E-state index in [0.717, 1.165) is 16.5 Å². The second-order valence-electron chi connectivity index (χ2n) is 7.27. The molecule has 31 heavy (non-hydrogen) atoms. The Bertz CT molecular complexity index is 1120. The number of fused-ring (bicyclic) bond motifs is 2. The molecule has 0 saturated heterocycles. The number of H-pyrrole nitrogens is 1. The third-order valence-electron chi connectivity index (χ3n) is 5.15. The summed E-state index contributed by atoms with van der Waals surface area (Å²) in [5, 5.41) is 3.87. The Kier molecular flexibility index (Phi) is 5.88. The number of ether oxygens (including phenoxy) is 2. The fraction of sp³-hybridized carbons (Fsp3) is 0.261. The van der Waals surface area contributed by atoms with Crippen LogP contribution in [0.3, 0.4) is 0 Å². The Morgan fingerprint density at radius 3 is 2.77 bits per heavy atom. The van der Waals surface area contributed by atoms with Crippen molar-refractivity contribution in [3.63, 3.8) is 0 Å². The van der Waals surface area contributed by atoms with Crippen LogP contribution in [-0.2, 0) is 25.5 Å².